The van der Waals surface area contributed by atoms with Gasteiger partial charge in [-0.15, -0.1) is 0 Å². The molecule has 2 aromatic carbocycles. The minimum absolute atomic E-state index is 0.0989. The number of hydrogen-bond acceptors (Lipinski definition) is 6. The van der Waals surface area contributed by atoms with Gasteiger partial charge in [-0.3, -0.25) is 19.5 Å². The molecule has 2 heterocycles. The zero-order chi connectivity index (χ0) is 27.3. The predicted octanol–water partition coefficient (Wildman–Crippen LogP) is 5.05. The lowest BCUT2D eigenvalue weighted by atomic mass is 9.97. The molecule has 1 aliphatic heterocycles. The number of carboxylic acid groups (broad SMARTS) is 1. The number of para-hydroxylation sites is 1. The van der Waals surface area contributed by atoms with E-state index in [2.05, 4.69) is 10.3 Å². The van der Waals surface area contributed by atoms with E-state index in [1.165, 1.54) is 0 Å². The van der Waals surface area contributed by atoms with E-state index < -0.39 is 35.8 Å². The van der Waals surface area contributed by atoms with Crippen LogP contribution in [0.5, 0.6) is 0 Å². The first-order chi connectivity index (χ1) is 18.1. The number of benzene rings is 2. The molecule has 0 radical (unpaired) electrons. The number of ether oxygens (including phenoxy) is 1. The minimum atomic E-state index is -1.27. The smallest absolute Gasteiger partial charge is 0.434 e. The standard InChI is InChI=1S/C28H32N4O6/c1-28(2,3)38-27(36)32(37-18-19-9-5-4-6-10-19)21-14-15-23(31(17-21)26(34)35)25(33)30-22-13-7-11-20-12-8-16-29-24(20)22/h4-13,16,21,23H,14-15,17-18H2,1-3H3,(H,30,33)(H,34,35)/t21-,23+/m1/s1. The number of amides is 3. The Kier molecular flexibility index (Phi) is 8.11. The van der Waals surface area contributed by atoms with Crippen molar-refractivity contribution in [2.45, 2.75) is 57.9 Å². The Morgan fingerprint density at radius 2 is 1.79 bits per heavy atom. The number of carbonyl (C=O) groups excluding carboxylic acids is 2. The largest absolute Gasteiger partial charge is 0.465 e. The van der Waals surface area contributed by atoms with E-state index in [1.54, 1.807) is 45.2 Å². The van der Waals surface area contributed by atoms with Crippen molar-refractivity contribution in [1.29, 1.82) is 0 Å². The van der Waals surface area contributed by atoms with Crippen molar-refractivity contribution in [2.75, 3.05) is 11.9 Å². The molecule has 1 aliphatic rings. The van der Waals surface area contributed by atoms with Gasteiger partial charge in [0.25, 0.3) is 0 Å². The highest BCUT2D eigenvalue weighted by Crippen LogP contribution is 2.27. The quantitative estimate of drug-likeness (QED) is 0.436. The molecule has 200 valence electrons. The van der Waals surface area contributed by atoms with Crippen LogP contribution in [-0.2, 0) is 21.0 Å². The second kappa shape index (κ2) is 11.5. The number of pyridine rings is 1. The molecule has 38 heavy (non-hydrogen) atoms. The van der Waals surface area contributed by atoms with Gasteiger partial charge in [0.1, 0.15) is 18.2 Å². The molecule has 0 unspecified atom stereocenters. The van der Waals surface area contributed by atoms with Gasteiger partial charge in [0.2, 0.25) is 5.91 Å². The Morgan fingerprint density at radius 3 is 2.50 bits per heavy atom. The number of piperidine rings is 1. The van der Waals surface area contributed by atoms with E-state index in [0.29, 0.717) is 17.6 Å². The van der Waals surface area contributed by atoms with E-state index in [1.807, 2.05) is 42.5 Å². The number of hydroxylamine groups is 2. The summed E-state index contributed by atoms with van der Waals surface area (Å²) in [6, 6.07) is 16.8. The maximum Gasteiger partial charge on any atom is 0.434 e. The maximum absolute atomic E-state index is 13.3. The third kappa shape index (κ3) is 6.57. The van der Waals surface area contributed by atoms with Crippen molar-refractivity contribution in [3.63, 3.8) is 0 Å². The molecule has 1 fully saturated rings. The van der Waals surface area contributed by atoms with Gasteiger partial charge in [-0.2, -0.15) is 5.06 Å². The molecular weight excluding hydrogens is 488 g/mol. The van der Waals surface area contributed by atoms with E-state index in [0.717, 1.165) is 20.9 Å². The lowest BCUT2D eigenvalue weighted by Crippen LogP contribution is -2.58. The molecule has 2 atom stereocenters. The third-order valence-corrected chi connectivity index (χ3v) is 6.11. The van der Waals surface area contributed by atoms with Crippen molar-refractivity contribution in [3.05, 3.63) is 72.4 Å². The summed E-state index contributed by atoms with van der Waals surface area (Å²) in [7, 11) is 0. The normalized spacial score (nSPS) is 17.6. The SMILES string of the molecule is CC(C)(C)OC(=O)N(OCc1ccccc1)[C@@H]1CC[C@@H](C(=O)Nc2cccc3cccnc23)N(C(=O)O)C1. The molecule has 1 aromatic heterocycles. The highest BCUT2D eigenvalue weighted by Gasteiger charge is 2.41. The Hall–Kier alpha value is -4.18. The van der Waals surface area contributed by atoms with E-state index in [4.69, 9.17) is 9.57 Å². The van der Waals surface area contributed by atoms with Crippen LogP contribution in [0.25, 0.3) is 10.9 Å². The predicted molar refractivity (Wildman–Crippen MR) is 141 cm³/mol. The zero-order valence-electron chi connectivity index (χ0n) is 21.7. The summed E-state index contributed by atoms with van der Waals surface area (Å²) in [5, 5.41) is 14.8. The Labute approximate surface area is 221 Å². The van der Waals surface area contributed by atoms with Crippen LogP contribution in [0.2, 0.25) is 0 Å². The van der Waals surface area contributed by atoms with Crippen LogP contribution < -0.4 is 5.32 Å². The van der Waals surface area contributed by atoms with Crippen LogP contribution >= 0.6 is 0 Å². The van der Waals surface area contributed by atoms with Crippen molar-refractivity contribution >= 4 is 34.7 Å². The fourth-order valence-corrected chi connectivity index (χ4v) is 4.38. The van der Waals surface area contributed by atoms with Gasteiger partial charge >= 0.3 is 12.2 Å². The number of fused-ring (bicyclic) bond motifs is 1. The summed E-state index contributed by atoms with van der Waals surface area (Å²) < 4.78 is 5.54. The lowest BCUT2D eigenvalue weighted by Gasteiger charge is -2.41. The number of likely N-dealkylation sites (tertiary alicyclic amines) is 1. The number of aromatic nitrogens is 1. The average Bonchev–Trinajstić information content (AvgIpc) is 2.88. The minimum Gasteiger partial charge on any atom is -0.465 e. The first-order valence-electron chi connectivity index (χ1n) is 12.5. The molecule has 2 N–H and O–H groups in total. The number of anilines is 1. The summed E-state index contributed by atoms with van der Waals surface area (Å²) in [4.78, 5) is 49.8. The number of rotatable bonds is 6. The molecule has 3 amide bonds. The molecule has 10 heteroatoms. The molecule has 0 saturated carbocycles. The van der Waals surface area contributed by atoms with Crippen LogP contribution in [0.3, 0.4) is 0 Å². The Bertz CT molecular complexity index is 1290. The second-order valence-electron chi connectivity index (χ2n) is 10.1. The Morgan fingerprint density at radius 1 is 1.05 bits per heavy atom. The van der Waals surface area contributed by atoms with Crippen molar-refractivity contribution in [1.82, 2.24) is 14.9 Å². The van der Waals surface area contributed by atoms with Crippen LogP contribution in [0.4, 0.5) is 15.3 Å². The molecule has 1 saturated heterocycles. The molecule has 3 aromatic rings. The highest BCUT2D eigenvalue weighted by molar-refractivity contribution is 6.03. The van der Waals surface area contributed by atoms with Crippen molar-refractivity contribution < 1.29 is 29.1 Å². The average molecular weight is 521 g/mol. The molecule has 10 nitrogen and oxygen atoms in total. The molecular formula is C28H32N4O6. The second-order valence-corrected chi connectivity index (χ2v) is 10.1. The van der Waals surface area contributed by atoms with Crippen LogP contribution in [0.1, 0.15) is 39.2 Å². The zero-order valence-corrected chi connectivity index (χ0v) is 21.7. The number of hydrogen-bond donors (Lipinski definition) is 2. The van der Waals surface area contributed by atoms with Gasteiger partial charge in [0.15, 0.2) is 0 Å². The van der Waals surface area contributed by atoms with E-state index in [-0.39, 0.29) is 19.6 Å². The molecule has 0 bridgehead atoms. The highest BCUT2D eigenvalue weighted by atomic mass is 16.7. The molecule has 0 spiro atoms. The van der Waals surface area contributed by atoms with E-state index in [9.17, 15) is 19.5 Å². The third-order valence-electron chi connectivity index (χ3n) is 6.11. The summed E-state index contributed by atoms with van der Waals surface area (Å²) >= 11 is 0. The van der Waals surface area contributed by atoms with Crippen LogP contribution in [0.15, 0.2) is 66.9 Å². The number of nitrogens with zero attached hydrogens (tertiary/aromatic N) is 3. The monoisotopic (exact) mass is 520 g/mol. The first-order valence-corrected chi connectivity index (χ1v) is 12.5. The Balaban J connectivity index is 1.51. The first kappa shape index (κ1) is 26.9. The fraction of sp³-hybridized carbons (Fsp3) is 0.357. The molecule has 0 aliphatic carbocycles. The summed E-state index contributed by atoms with van der Waals surface area (Å²) in [6.07, 6.45) is 0.179. The summed E-state index contributed by atoms with van der Waals surface area (Å²) in [5.41, 5.74) is 1.18. The molecule has 4 rings (SSSR count). The van der Waals surface area contributed by atoms with Gasteiger partial charge in [-0.25, -0.2) is 9.59 Å². The van der Waals surface area contributed by atoms with Gasteiger partial charge in [-0.1, -0.05) is 48.5 Å². The van der Waals surface area contributed by atoms with Crippen LogP contribution in [-0.4, -0.2) is 62.4 Å². The van der Waals surface area contributed by atoms with Crippen molar-refractivity contribution in [3.8, 4) is 0 Å². The summed E-state index contributed by atoms with van der Waals surface area (Å²) in [5.74, 6) is -0.460. The van der Waals surface area contributed by atoms with Gasteiger partial charge in [0.05, 0.1) is 17.2 Å². The van der Waals surface area contributed by atoms with Gasteiger partial charge in [-0.05, 0) is 51.3 Å². The topological polar surface area (TPSA) is 121 Å². The summed E-state index contributed by atoms with van der Waals surface area (Å²) in [6.45, 7) is 5.21. The fourth-order valence-electron chi connectivity index (χ4n) is 4.38. The number of nitrogens with one attached hydrogen (secondary N) is 1. The number of carbonyl (C=O) groups is 3. The van der Waals surface area contributed by atoms with Gasteiger partial charge in [0, 0.05) is 18.1 Å². The lowest BCUT2D eigenvalue weighted by molar-refractivity contribution is -0.188. The van der Waals surface area contributed by atoms with Gasteiger partial charge < -0.3 is 15.2 Å². The van der Waals surface area contributed by atoms with E-state index >= 15 is 0 Å². The van der Waals surface area contributed by atoms with Crippen molar-refractivity contribution in [2.24, 2.45) is 0 Å². The van der Waals surface area contributed by atoms with Crippen LogP contribution in [0, 0.1) is 0 Å². The maximum atomic E-state index is 13.3.